The molecular formula is C16H19NO3. The van der Waals surface area contributed by atoms with Crippen LogP contribution in [-0.2, 0) is 24.3 Å². The molecule has 1 aromatic carbocycles. The zero-order valence-electron chi connectivity index (χ0n) is 11.8. The second-order valence-corrected chi connectivity index (χ2v) is 5.06. The highest BCUT2D eigenvalue weighted by Crippen LogP contribution is 2.13. The van der Waals surface area contributed by atoms with Crippen molar-refractivity contribution in [1.82, 2.24) is 4.90 Å². The molecule has 4 nitrogen and oxygen atoms in total. The van der Waals surface area contributed by atoms with E-state index in [-0.39, 0.29) is 6.42 Å². The molecule has 0 radical (unpaired) electrons. The number of nitrogens with zero attached hydrogens (tertiary/aromatic N) is 1. The number of carboxylic acid groups (broad SMARTS) is 1. The normalized spacial score (nSPS) is 10.9. The summed E-state index contributed by atoms with van der Waals surface area (Å²) in [7, 11) is 2.05. The van der Waals surface area contributed by atoms with Crippen molar-refractivity contribution < 1.29 is 14.3 Å². The van der Waals surface area contributed by atoms with Gasteiger partial charge in [0.15, 0.2) is 0 Å². The summed E-state index contributed by atoms with van der Waals surface area (Å²) in [5.41, 5.74) is 3.19. The molecule has 0 aliphatic rings. The molecule has 2 aromatic rings. The Morgan fingerprint density at radius 3 is 2.35 bits per heavy atom. The van der Waals surface area contributed by atoms with Gasteiger partial charge in [-0.15, -0.1) is 0 Å². The second-order valence-electron chi connectivity index (χ2n) is 5.06. The van der Waals surface area contributed by atoms with Crippen LogP contribution in [0.2, 0.25) is 0 Å². The Morgan fingerprint density at radius 2 is 1.80 bits per heavy atom. The van der Waals surface area contributed by atoms with Gasteiger partial charge in [-0.1, -0.05) is 24.3 Å². The second kappa shape index (κ2) is 6.39. The molecule has 0 aliphatic heterocycles. The first-order chi connectivity index (χ1) is 9.54. The zero-order chi connectivity index (χ0) is 14.5. The van der Waals surface area contributed by atoms with Crippen LogP contribution >= 0.6 is 0 Å². The van der Waals surface area contributed by atoms with Crippen molar-refractivity contribution in [3.05, 3.63) is 59.0 Å². The van der Waals surface area contributed by atoms with Gasteiger partial charge in [0.25, 0.3) is 0 Å². The number of carboxylic acids is 1. The highest BCUT2D eigenvalue weighted by molar-refractivity contribution is 5.70. The molecular weight excluding hydrogens is 254 g/mol. The summed E-state index contributed by atoms with van der Waals surface area (Å²) in [6.45, 7) is 3.61. The van der Waals surface area contributed by atoms with Crippen molar-refractivity contribution in [2.75, 3.05) is 7.05 Å². The van der Waals surface area contributed by atoms with Gasteiger partial charge < -0.3 is 9.52 Å². The third-order valence-corrected chi connectivity index (χ3v) is 3.24. The minimum absolute atomic E-state index is 0.0737. The van der Waals surface area contributed by atoms with Crippen molar-refractivity contribution >= 4 is 5.97 Å². The Morgan fingerprint density at radius 1 is 1.15 bits per heavy atom. The fourth-order valence-electron chi connectivity index (χ4n) is 2.17. The molecule has 1 N–H and O–H groups in total. The van der Waals surface area contributed by atoms with Crippen molar-refractivity contribution in [3.63, 3.8) is 0 Å². The topological polar surface area (TPSA) is 53.7 Å². The van der Waals surface area contributed by atoms with Crippen molar-refractivity contribution in [3.8, 4) is 0 Å². The van der Waals surface area contributed by atoms with E-state index in [0.29, 0.717) is 0 Å². The number of hydrogen-bond acceptors (Lipinski definition) is 3. The fraction of sp³-hybridized carbons (Fsp3) is 0.312. The van der Waals surface area contributed by atoms with Crippen molar-refractivity contribution in [2.24, 2.45) is 0 Å². The van der Waals surface area contributed by atoms with Gasteiger partial charge in [-0.05, 0) is 31.2 Å². The summed E-state index contributed by atoms with van der Waals surface area (Å²) in [5, 5.41) is 8.73. The lowest BCUT2D eigenvalue weighted by Crippen LogP contribution is -2.17. The molecule has 4 heteroatoms. The van der Waals surface area contributed by atoms with E-state index in [2.05, 4.69) is 11.9 Å². The average molecular weight is 273 g/mol. The third-order valence-electron chi connectivity index (χ3n) is 3.24. The Kier molecular flexibility index (Phi) is 4.58. The number of rotatable bonds is 6. The van der Waals surface area contributed by atoms with Crippen LogP contribution in [0.1, 0.15) is 22.5 Å². The molecule has 0 saturated heterocycles. The van der Waals surface area contributed by atoms with Crippen LogP contribution in [0.15, 0.2) is 41.0 Å². The summed E-state index contributed by atoms with van der Waals surface area (Å²) in [6.07, 6.45) is 1.78. The standard InChI is InChI=1S/C16H19NO3/c1-12-15(7-8-20-12)11-17(2)10-14-5-3-13(4-6-14)9-16(18)19/h3-8H,9-11H2,1-2H3,(H,18,19). The lowest BCUT2D eigenvalue weighted by Gasteiger charge is -2.16. The van der Waals surface area contributed by atoms with Crippen LogP contribution in [-0.4, -0.2) is 23.0 Å². The van der Waals surface area contributed by atoms with Gasteiger partial charge in [-0.3, -0.25) is 9.69 Å². The van der Waals surface area contributed by atoms with Crippen LogP contribution in [0.4, 0.5) is 0 Å². The van der Waals surface area contributed by atoms with Gasteiger partial charge in [0, 0.05) is 18.7 Å². The predicted octanol–water partition coefficient (Wildman–Crippen LogP) is 2.85. The molecule has 2 rings (SSSR count). The Bertz CT molecular complexity index is 572. The van der Waals surface area contributed by atoms with E-state index in [9.17, 15) is 4.79 Å². The molecule has 0 saturated carbocycles. The first-order valence-electron chi connectivity index (χ1n) is 6.55. The Balaban J connectivity index is 1.92. The van der Waals surface area contributed by atoms with Gasteiger partial charge in [-0.2, -0.15) is 0 Å². The highest BCUT2D eigenvalue weighted by Gasteiger charge is 2.06. The summed E-state index contributed by atoms with van der Waals surface area (Å²) >= 11 is 0. The Hall–Kier alpha value is -2.07. The molecule has 1 aromatic heterocycles. The molecule has 106 valence electrons. The van der Waals surface area contributed by atoms with Crippen LogP contribution < -0.4 is 0 Å². The van der Waals surface area contributed by atoms with Crippen LogP contribution in [0.3, 0.4) is 0 Å². The average Bonchev–Trinajstić information content (AvgIpc) is 2.77. The minimum Gasteiger partial charge on any atom is -0.481 e. The van der Waals surface area contributed by atoms with Crippen LogP contribution in [0.25, 0.3) is 0 Å². The number of benzene rings is 1. The maximum Gasteiger partial charge on any atom is 0.307 e. The molecule has 0 atom stereocenters. The molecule has 0 spiro atoms. The molecule has 0 unspecified atom stereocenters. The minimum atomic E-state index is -0.801. The molecule has 0 aliphatic carbocycles. The number of hydrogen-bond donors (Lipinski definition) is 1. The molecule has 1 heterocycles. The van der Waals surface area contributed by atoms with E-state index in [4.69, 9.17) is 9.52 Å². The van der Waals surface area contributed by atoms with Crippen molar-refractivity contribution in [2.45, 2.75) is 26.4 Å². The quantitative estimate of drug-likeness (QED) is 0.879. The summed E-state index contributed by atoms with van der Waals surface area (Å²) < 4.78 is 5.29. The Labute approximate surface area is 118 Å². The molecule has 20 heavy (non-hydrogen) atoms. The smallest absolute Gasteiger partial charge is 0.307 e. The largest absolute Gasteiger partial charge is 0.481 e. The molecule has 0 amide bonds. The van der Waals surface area contributed by atoms with E-state index in [1.54, 1.807) is 6.26 Å². The van der Waals surface area contributed by atoms with Gasteiger partial charge >= 0.3 is 5.97 Å². The fourth-order valence-corrected chi connectivity index (χ4v) is 2.17. The van der Waals surface area contributed by atoms with E-state index in [0.717, 1.165) is 24.4 Å². The van der Waals surface area contributed by atoms with E-state index >= 15 is 0 Å². The lowest BCUT2D eigenvalue weighted by atomic mass is 10.1. The van der Waals surface area contributed by atoms with Crippen LogP contribution in [0.5, 0.6) is 0 Å². The first-order valence-corrected chi connectivity index (χ1v) is 6.55. The summed E-state index contributed by atoms with van der Waals surface area (Å²) in [4.78, 5) is 12.8. The van der Waals surface area contributed by atoms with Gasteiger partial charge in [0.2, 0.25) is 0 Å². The van der Waals surface area contributed by atoms with E-state index < -0.39 is 5.97 Å². The van der Waals surface area contributed by atoms with Crippen molar-refractivity contribution in [1.29, 1.82) is 0 Å². The van der Waals surface area contributed by atoms with Gasteiger partial charge in [-0.25, -0.2) is 0 Å². The molecule has 0 bridgehead atoms. The lowest BCUT2D eigenvalue weighted by molar-refractivity contribution is -0.136. The van der Waals surface area contributed by atoms with E-state index in [1.807, 2.05) is 37.3 Å². The summed E-state index contributed by atoms with van der Waals surface area (Å²) in [6, 6.07) is 9.70. The van der Waals surface area contributed by atoms with Crippen LogP contribution in [0, 0.1) is 6.92 Å². The first kappa shape index (κ1) is 14.3. The maximum atomic E-state index is 10.6. The number of aliphatic carboxylic acids is 1. The third kappa shape index (κ3) is 3.96. The van der Waals surface area contributed by atoms with Gasteiger partial charge in [0.05, 0.1) is 12.7 Å². The SMILES string of the molecule is Cc1occc1CN(C)Cc1ccc(CC(=O)O)cc1. The summed E-state index contributed by atoms with van der Waals surface area (Å²) in [5.74, 6) is 0.152. The predicted molar refractivity (Wildman–Crippen MR) is 76.4 cm³/mol. The maximum absolute atomic E-state index is 10.6. The monoisotopic (exact) mass is 273 g/mol. The number of carbonyl (C=O) groups is 1. The zero-order valence-corrected chi connectivity index (χ0v) is 11.8. The number of aryl methyl sites for hydroxylation is 1. The van der Waals surface area contributed by atoms with E-state index in [1.165, 1.54) is 11.1 Å². The van der Waals surface area contributed by atoms with Gasteiger partial charge in [0.1, 0.15) is 5.76 Å². The molecule has 0 fully saturated rings. The number of furan rings is 1. The highest BCUT2D eigenvalue weighted by atomic mass is 16.4.